The molecule has 2 N–H and O–H groups in total. The molecule has 0 aliphatic carbocycles. The summed E-state index contributed by atoms with van der Waals surface area (Å²) in [5.41, 5.74) is 7.28. The zero-order chi connectivity index (χ0) is 19.1. The van der Waals surface area contributed by atoms with E-state index in [0.29, 0.717) is 12.1 Å². The van der Waals surface area contributed by atoms with Crippen molar-refractivity contribution < 1.29 is 18.0 Å². The SMILES string of the molecule is CN(C)S(=O)(=O)c1ccc(C(=O)N2c3ccccc3CC2C(N)=O)cc1. The maximum atomic E-state index is 13.0. The highest BCUT2D eigenvalue weighted by atomic mass is 32.2. The number of hydrogen-bond donors (Lipinski definition) is 1. The van der Waals surface area contributed by atoms with Crippen molar-refractivity contribution in [2.75, 3.05) is 19.0 Å². The summed E-state index contributed by atoms with van der Waals surface area (Å²) in [6, 6.07) is 12.1. The molecule has 7 nitrogen and oxygen atoms in total. The normalized spacial score (nSPS) is 16.6. The quantitative estimate of drug-likeness (QED) is 0.864. The fraction of sp³-hybridized carbons (Fsp3) is 0.222. The van der Waals surface area contributed by atoms with Crippen LogP contribution in [-0.4, -0.2) is 44.7 Å². The molecule has 1 aliphatic heterocycles. The van der Waals surface area contributed by atoms with E-state index in [1.54, 1.807) is 12.1 Å². The molecule has 136 valence electrons. The number of para-hydroxylation sites is 1. The van der Waals surface area contributed by atoms with Crippen LogP contribution in [0, 0.1) is 0 Å². The average molecular weight is 373 g/mol. The maximum Gasteiger partial charge on any atom is 0.259 e. The first-order chi connectivity index (χ1) is 12.2. The Kier molecular flexibility index (Phi) is 4.55. The van der Waals surface area contributed by atoms with Gasteiger partial charge in [-0.15, -0.1) is 0 Å². The second-order valence-electron chi connectivity index (χ2n) is 6.24. The predicted molar refractivity (Wildman–Crippen MR) is 97.3 cm³/mol. The molecule has 0 saturated heterocycles. The van der Waals surface area contributed by atoms with Crippen LogP contribution in [0.5, 0.6) is 0 Å². The van der Waals surface area contributed by atoms with Gasteiger partial charge in [0.25, 0.3) is 5.91 Å². The number of primary amides is 1. The number of sulfonamides is 1. The Morgan fingerprint density at radius 2 is 1.69 bits per heavy atom. The Balaban J connectivity index is 1.97. The van der Waals surface area contributed by atoms with E-state index in [-0.39, 0.29) is 10.5 Å². The minimum Gasteiger partial charge on any atom is -0.368 e. The molecular weight excluding hydrogens is 354 g/mol. The third-order valence-electron chi connectivity index (χ3n) is 4.40. The van der Waals surface area contributed by atoms with Gasteiger partial charge in [-0.3, -0.25) is 14.5 Å². The van der Waals surface area contributed by atoms with E-state index in [9.17, 15) is 18.0 Å². The van der Waals surface area contributed by atoms with Gasteiger partial charge in [0.2, 0.25) is 15.9 Å². The van der Waals surface area contributed by atoms with Crippen LogP contribution in [0.25, 0.3) is 0 Å². The lowest BCUT2D eigenvalue weighted by atomic mass is 10.1. The van der Waals surface area contributed by atoms with E-state index in [1.165, 1.54) is 43.3 Å². The minimum absolute atomic E-state index is 0.0901. The number of rotatable bonds is 4. The van der Waals surface area contributed by atoms with Crippen LogP contribution in [0.15, 0.2) is 53.4 Å². The first-order valence-corrected chi connectivity index (χ1v) is 9.41. The lowest BCUT2D eigenvalue weighted by Crippen LogP contribution is -2.46. The zero-order valence-electron chi connectivity index (χ0n) is 14.4. The molecule has 0 aromatic heterocycles. The fourth-order valence-corrected chi connectivity index (χ4v) is 3.89. The number of benzene rings is 2. The summed E-state index contributed by atoms with van der Waals surface area (Å²) in [5.74, 6) is -0.978. The molecule has 8 heteroatoms. The number of fused-ring (bicyclic) bond motifs is 1. The molecule has 1 aliphatic rings. The Hall–Kier alpha value is -2.71. The van der Waals surface area contributed by atoms with Crippen molar-refractivity contribution >= 4 is 27.5 Å². The Morgan fingerprint density at radius 3 is 2.27 bits per heavy atom. The fourth-order valence-electron chi connectivity index (χ4n) is 2.98. The molecule has 0 bridgehead atoms. The van der Waals surface area contributed by atoms with E-state index >= 15 is 0 Å². The Morgan fingerprint density at radius 1 is 1.08 bits per heavy atom. The van der Waals surface area contributed by atoms with Gasteiger partial charge in [0.1, 0.15) is 6.04 Å². The molecule has 1 unspecified atom stereocenters. The smallest absolute Gasteiger partial charge is 0.259 e. The highest BCUT2D eigenvalue weighted by Gasteiger charge is 2.37. The van der Waals surface area contributed by atoms with Crippen LogP contribution in [0.3, 0.4) is 0 Å². The molecular formula is C18H19N3O4S. The maximum absolute atomic E-state index is 13.0. The summed E-state index contributed by atoms with van der Waals surface area (Å²) < 4.78 is 25.4. The summed E-state index contributed by atoms with van der Waals surface area (Å²) in [6.45, 7) is 0. The van der Waals surface area contributed by atoms with E-state index in [1.807, 2.05) is 12.1 Å². The molecule has 26 heavy (non-hydrogen) atoms. The molecule has 0 saturated carbocycles. The second-order valence-corrected chi connectivity index (χ2v) is 8.39. The number of amides is 2. The van der Waals surface area contributed by atoms with Crippen LogP contribution in [0.4, 0.5) is 5.69 Å². The van der Waals surface area contributed by atoms with Crippen LogP contribution in [0.1, 0.15) is 15.9 Å². The lowest BCUT2D eigenvalue weighted by molar-refractivity contribution is -0.119. The number of anilines is 1. The van der Waals surface area contributed by atoms with Gasteiger partial charge in [0.15, 0.2) is 0 Å². The topological polar surface area (TPSA) is 101 Å². The van der Waals surface area contributed by atoms with E-state index in [0.717, 1.165) is 9.87 Å². The van der Waals surface area contributed by atoms with Crippen molar-refractivity contribution in [1.29, 1.82) is 0 Å². The van der Waals surface area contributed by atoms with Crippen LogP contribution in [0.2, 0.25) is 0 Å². The Labute approximate surface area is 152 Å². The van der Waals surface area contributed by atoms with E-state index < -0.39 is 27.9 Å². The number of hydrogen-bond acceptors (Lipinski definition) is 4. The van der Waals surface area contributed by atoms with Gasteiger partial charge in [-0.1, -0.05) is 18.2 Å². The Bertz CT molecular complexity index is 968. The first-order valence-electron chi connectivity index (χ1n) is 7.97. The van der Waals surface area contributed by atoms with Gasteiger partial charge < -0.3 is 5.73 Å². The highest BCUT2D eigenvalue weighted by molar-refractivity contribution is 7.89. The van der Waals surface area contributed by atoms with Gasteiger partial charge in [-0.2, -0.15) is 0 Å². The van der Waals surface area contributed by atoms with Gasteiger partial charge in [-0.05, 0) is 35.9 Å². The van der Waals surface area contributed by atoms with Crippen LogP contribution in [-0.2, 0) is 21.2 Å². The van der Waals surface area contributed by atoms with E-state index in [4.69, 9.17) is 5.73 Å². The second kappa shape index (κ2) is 6.54. The predicted octanol–water partition coefficient (Wildman–Crippen LogP) is 0.994. The molecule has 0 radical (unpaired) electrons. The zero-order valence-corrected chi connectivity index (χ0v) is 15.2. The molecule has 0 spiro atoms. The van der Waals surface area contributed by atoms with Crippen LogP contribution < -0.4 is 10.6 Å². The summed E-state index contributed by atoms with van der Waals surface area (Å²) in [7, 11) is -0.702. The molecule has 1 heterocycles. The third-order valence-corrected chi connectivity index (χ3v) is 6.23. The van der Waals surface area contributed by atoms with E-state index in [2.05, 4.69) is 0 Å². The lowest BCUT2D eigenvalue weighted by Gasteiger charge is -2.23. The molecule has 0 fully saturated rings. The highest BCUT2D eigenvalue weighted by Crippen LogP contribution is 2.33. The van der Waals surface area contributed by atoms with Crippen molar-refractivity contribution in [1.82, 2.24) is 4.31 Å². The molecule has 3 rings (SSSR count). The first kappa shape index (κ1) is 18.1. The molecule has 2 aromatic rings. The summed E-state index contributed by atoms with van der Waals surface area (Å²) >= 11 is 0. The molecule has 2 amide bonds. The minimum atomic E-state index is -3.58. The number of carbonyl (C=O) groups is 2. The average Bonchev–Trinajstić information content (AvgIpc) is 3.01. The standard InChI is InChI=1S/C18H19N3O4S/c1-20(2)26(24,25)14-9-7-12(8-10-14)18(23)21-15-6-4-3-5-13(15)11-16(21)17(19)22/h3-10,16H,11H2,1-2H3,(H2,19,22). The number of nitrogens with two attached hydrogens (primary N) is 1. The van der Waals surface area contributed by atoms with Gasteiger partial charge in [0, 0.05) is 31.8 Å². The molecule has 1 atom stereocenters. The van der Waals surface area contributed by atoms with Crippen molar-refractivity contribution in [3.8, 4) is 0 Å². The van der Waals surface area contributed by atoms with Crippen molar-refractivity contribution in [2.45, 2.75) is 17.4 Å². The molecule has 2 aromatic carbocycles. The third kappa shape index (κ3) is 2.97. The van der Waals surface area contributed by atoms with Crippen molar-refractivity contribution in [2.24, 2.45) is 5.73 Å². The monoisotopic (exact) mass is 373 g/mol. The number of carbonyl (C=O) groups excluding carboxylic acids is 2. The van der Waals surface area contributed by atoms with Crippen molar-refractivity contribution in [3.05, 3.63) is 59.7 Å². The summed E-state index contributed by atoms with van der Waals surface area (Å²) in [4.78, 5) is 26.3. The van der Waals surface area contributed by atoms with Gasteiger partial charge in [0.05, 0.1) is 4.90 Å². The largest absolute Gasteiger partial charge is 0.368 e. The van der Waals surface area contributed by atoms with Crippen LogP contribution >= 0.6 is 0 Å². The van der Waals surface area contributed by atoms with Gasteiger partial charge in [-0.25, -0.2) is 12.7 Å². The van der Waals surface area contributed by atoms with Crippen molar-refractivity contribution in [3.63, 3.8) is 0 Å². The number of nitrogens with zero attached hydrogens (tertiary/aromatic N) is 2. The summed E-state index contributed by atoms with van der Waals surface area (Å²) in [6.07, 6.45) is 0.365. The summed E-state index contributed by atoms with van der Waals surface area (Å²) in [5, 5.41) is 0. The van der Waals surface area contributed by atoms with Gasteiger partial charge >= 0.3 is 0 Å².